The molecule has 0 bridgehead atoms. The van der Waals surface area contributed by atoms with Gasteiger partial charge in [0.15, 0.2) is 17.3 Å². The lowest BCUT2D eigenvalue weighted by Gasteiger charge is -2.25. The van der Waals surface area contributed by atoms with Gasteiger partial charge in [-0.3, -0.25) is 4.98 Å². The molecule has 4 heterocycles. The molecule has 0 atom stereocenters. The molecule has 0 aromatic carbocycles. The molecule has 0 aliphatic heterocycles. The van der Waals surface area contributed by atoms with Gasteiger partial charge in [0, 0.05) is 18.2 Å². The molecule has 1 aliphatic carbocycles. The van der Waals surface area contributed by atoms with Gasteiger partial charge in [-0.1, -0.05) is 6.07 Å². The number of pyridine rings is 1. The summed E-state index contributed by atoms with van der Waals surface area (Å²) in [6.07, 6.45) is 5.73. The van der Waals surface area contributed by atoms with Gasteiger partial charge in [-0.2, -0.15) is 9.20 Å². The van der Waals surface area contributed by atoms with Crippen molar-refractivity contribution in [3.63, 3.8) is 0 Å². The largest absolute Gasteiger partial charge is 0.328 e. The smallest absolute Gasteiger partial charge is 0.200 e. The van der Waals surface area contributed by atoms with E-state index in [-0.39, 0.29) is 18.4 Å². The number of nitrogens with zero attached hydrogens (tertiary/aromatic N) is 8. The van der Waals surface area contributed by atoms with Crippen molar-refractivity contribution in [1.29, 1.82) is 0 Å². The Balaban J connectivity index is 0.00000205. The van der Waals surface area contributed by atoms with E-state index in [2.05, 4.69) is 20.3 Å². The van der Waals surface area contributed by atoms with Crippen LogP contribution in [0.4, 0.5) is 0 Å². The maximum Gasteiger partial charge on any atom is 0.200 e. The van der Waals surface area contributed by atoms with Crippen molar-refractivity contribution >= 4 is 18.1 Å². The third-order valence-corrected chi connectivity index (χ3v) is 5.28. The van der Waals surface area contributed by atoms with Crippen LogP contribution in [0.5, 0.6) is 0 Å². The molecule has 29 heavy (non-hydrogen) atoms. The van der Waals surface area contributed by atoms with Crippen LogP contribution in [-0.4, -0.2) is 45.6 Å². The number of aryl methyl sites for hydroxylation is 1. The average Bonchev–Trinajstić information content (AvgIpc) is 3.33. The van der Waals surface area contributed by atoms with Crippen LogP contribution < -0.4 is 5.73 Å². The zero-order valence-electron chi connectivity index (χ0n) is 16.0. The van der Waals surface area contributed by atoms with Crippen molar-refractivity contribution in [2.45, 2.75) is 44.6 Å². The molecule has 0 radical (unpaired) electrons. The summed E-state index contributed by atoms with van der Waals surface area (Å²) in [7, 11) is 0. The van der Waals surface area contributed by atoms with E-state index in [1.807, 2.05) is 41.9 Å². The van der Waals surface area contributed by atoms with Crippen molar-refractivity contribution in [1.82, 2.24) is 39.6 Å². The van der Waals surface area contributed by atoms with Gasteiger partial charge in [0.1, 0.15) is 11.5 Å². The fraction of sp³-hybridized carbons (Fsp3) is 0.368. The highest BCUT2D eigenvalue weighted by atomic mass is 35.5. The number of rotatable bonds is 3. The molecule has 1 fully saturated rings. The number of fused-ring (bicyclic) bond motifs is 1. The minimum absolute atomic E-state index is 0. The van der Waals surface area contributed by atoms with Gasteiger partial charge in [-0.25, -0.2) is 4.98 Å². The van der Waals surface area contributed by atoms with E-state index in [1.54, 1.807) is 10.7 Å². The van der Waals surface area contributed by atoms with E-state index in [9.17, 15) is 0 Å². The lowest BCUT2D eigenvalue weighted by molar-refractivity contribution is 0.380. The maximum atomic E-state index is 6.11. The quantitative estimate of drug-likeness (QED) is 0.550. The molecule has 5 rings (SSSR count). The highest BCUT2D eigenvalue weighted by Gasteiger charge is 2.27. The summed E-state index contributed by atoms with van der Waals surface area (Å²) >= 11 is 0. The van der Waals surface area contributed by atoms with Gasteiger partial charge in [-0.05, 0) is 56.9 Å². The molecule has 2 N–H and O–H groups in total. The Morgan fingerprint density at radius 3 is 2.59 bits per heavy atom. The van der Waals surface area contributed by atoms with Crippen LogP contribution in [0.15, 0.2) is 36.5 Å². The molecular formula is C19H22ClN9. The Kier molecular flexibility index (Phi) is 5.25. The first-order chi connectivity index (χ1) is 13.7. The lowest BCUT2D eigenvalue weighted by Crippen LogP contribution is -2.27. The fourth-order valence-corrected chi connectivity index (χ4v) is 3.74. The van der Waals surface area contributed by atoms with Gasteiger partial charge in [-0.15, -0.1) is 32.8 Å². The molecule has 4 aromatic rings. The van der Waals surface area contributed by atoms with Crippen LogP contribution >= 0.6 is 12.4 Å². The first-order valence-electron chi connectivity index (χ1n) is 9.52. The number of hydrogen-bond donors (Lipinski definition) is 1. The molecule has 9 nitrogen and oxygen atoms in total. The van der Waals surface area contributed by atoms with E-state index in [1.165, 1.54) is 0 Å². The Labute approximate surface area is 173 Å². The number of nitrogens with two attached hydrogens (primary N) is 1. The molecule has 150 valence electrons. The molecule has 10 heteroatoms. The third kappa shape index (κ3) is 3.58. The maximum absolute atomic E-state index is 6.11. The SMILES string of the molecule is Cc1nnc2ccc(-n3nc(-c4ccccn4)nc3C3CCC(N)CC3)nn12.Cl. The van der Waals surface area contributed by atoms with Gasteiger partial charge in [0.05, 0.1) is 0 Å². The van der Waals surface area contributed by atoms with Crippen molar-refractivity contribution in [2.24, 2.45) is 5.73 Å². The Morgan fingerprint density at radius 1 is 1.00 bits per heavy atom. The van der Waals surface area contributed by atoms with Gasteiger partial charge in [0.25, 0.3) is 0 Å². The second kappa shape index (κ2) is 7.84. The monoisotopic (exact) mass is 411 g/mol. The predicted octanol–water partition coefficient (Wildman–Crippen LogP) is 2.48. The summed E-state index contributed by atoms with van der Waals surface area (Å²) in [5.74, 6) is 3.23. The molecule has 0 unspecified atom stereocenters. The number of aromatic nitrogens is 8. The Bertz CT molecular complexity index is 1110. The lowest BCUT2D eigenvalue weighted by atomic mass is 9.86. The summed E-state index contributed by atoms with van der Waals surface area (Å²) in [5, 5.41) is 17.6. The average molecular weight is 412 g/mol. The van der Waals surface area contributed by atoms with Gasteiger partial charge in [0.2, 0.25) is 5.82 Å². The van der Waals surface area contributed by atoms with Crippen LogP contribution in [0.3, 0.4) is 0 Å². The van der Waals surface area contributed by atoms with Gasteiger partial charge < -0.3 is 5.73 Å². The van der Waals surface area contributed by atoms with E-state index in [0.29, 0.717) is 23.2 Å². The highest BCUT2D eigenvalue weighted by molar-refractivity contribution is 5.85. The number of halogens is 1. The second-order valence-electron chi connectivity index (χ2n) is 7.24. The third-order valence-electron chi connectivity index (χ3n) is 5.28. The summed E-state index contributed by atoms with van der Waals surface area (Å²) < 4.78 is 3.56. The molecule has 1 saturated carbocycles. The zero-order valence-corrected chi connectivity index (χ0v) is 16.8. The first kappa shape index (κ1) is 19.4. The Hall–Kier alpha value is -2.91. The predicted molar refractivity (Wildman–Crippen MR) is 110 cm³/mol. The van der Waals surface area contributed by atoms with Crippen LogP contribution in [0, 0.1) is 6.92 Å². The van der Waals surface area contributed by atoms with E-state index in [0.717, 1.165) is 43.0 Å². The normalized spacial score (nSPS) is 19.2. The standard InChI is InChI=1S/C19H21N9.ClH/c1-12-23-24-16-9-10-17(25-27(12)16)28-19(13-5-7-14(20)8-6-13)22-18(26-28)15-4-2-3-11-21-15;/h2-4,9-11,13-14H,5-8,20H2,1H3;1H. The molecule has 0 saturated heterocycles. The van der Waals surface area contributed by atoms with Crippen LogP contribution in [0.1, 0.15) is 43.3 Å². The minimum Gasteiger partial charge on any atom is -0.328 e. The summed E-state index contributed by atoms with van der Waals surface area (Å²) in [6, 6.07) is 9.81. The van der Waals surface area contributed by atoms with E-state index >= 15 is 0 Å². The Morgan fingerprint density at radius 2 is 1.83 bits per heavy atom. The van der Waals surface area contributed by atoms with Crippen LogP contribution in [0.2, 0.25) is 0 Å². The number of hydrogen-bond acceptors (Lipinski definition) is 7. The van der Waals surface area contributed by atoms with Crippen molar-refractivity contribution in [3.8, 4) is 17.3 Å². The summed E-state index contributed by atoms with van der Waals surface area (Å²) in [4.78, 5) is 9.27. The van der Waals surface area contributed by atoms with E-state index in [4.69, 9.17) is 15.8 Å². The first-order valence-corrected chi connectivity index (χ1v) is 9.52. The molecule has 0 amide bonds. The summed E-state index contributed by atoms with van der Waals surface area (Å²) in [6.45, 7) is 1.88. The molecule has 0 spiro atoms. The van der Waals surface area contributed by atoms with E-state index < -0.39 is 0 Å². The topological polar surface area (TPSA) is 113 Å². The van der Waals surface area contributed by atoms with Crippen molar-refractivity contribution < 1.29 is 0 Å². The minimum atomic E-state index is 0. The fourth-order valence-electron chi connectivity index (χ4n) is 3.74. The van der Waals surface area contributed by atoms with Crippen LogP contribution in [-0.2, 0) is 0 Å². The molecule has 1 aliphatic rings. The van der Waals surface area contributed by atoms with Crippen molar-refractivity contribution in [2.75, 3.05) is 0 Å². The second-order valence-corrected chi connectivity index (χ2v) is 7.24. The molecular weight excluding hydrogens is 390 g/mol. The summed E-state index contributed by atoms with van der Waals surface area (Å²) in [5.41, 5.74) is 7.56. The van der Waals surface area contributed by atoms with Crippen molar-refractivity contribution in [3.05, 3.63) is 48.2 Å². The zero-order chi connectivity index (χ0) is 19.1. The molecule has 4 aromatic heterocycles. The highest BCUT2D eigenvalue weighted by Crippen LogP contribution is 2.33. The van der Waals surface area contributed by atoms with Gasteiger partial charge >= 0.3 is 0 Å². The van der Waals surface area contributed by atoms with Crippen LogP contribution in [0.25, 0.3) is 23.0 Å².